The number of methoxy groups -OCH3 is 1. The molecule has 0 aliphatic rings. The lowest BCUT2D eigenvalue weighted by Crippen LogP contribution is -1.92. The van der Waals surface area contributed by atoms with E-state index >= 15 is 0 Å². The van der Waals surface area contributed by atoms with Crippen molar-refractivity contribution in [2.75, 3.05) is 7.11 Å². The molecule has 0 fully saturated rings. The lowest BCUT2D eigenvalue weighted by Gasteiger charge is -1.93. The van der Waals surface area contributed by atoms with Crippen molar-refractivity contribution in [3.63, 3.8) is 0 Å². The number of nitrogens with zero attached hydrogens (tertiary/aromatic N) is 4. The predicted molar refractivity (Wildman–Crippen MR) is 47.4 cm³/mol. The third-order valence-corrected chi connectivity index (χ3v) is 1.86. The molecule has 0 amide bonds. The highest BCUT2D eigenvalue weighted by Crippen LogP contribution is 2.16. The normalized spacial score (nSPS) is 10.7. The van der Waals surface area contributed by atoms with Crippen molar-refractivity contribution < 1.29 is 4.74 Å². The molecule has 0 radical (unpaired) electrons. The van der Waals surface area contributed by atoms with Crippen LogP contribution in [0, 0.1) is 0 Å². The van der Waals surface area contributed by atoms with Crippen LogP contribution in [0.15, 0.2) is 6.07 Å². The number of rotatable bonds is 1. The van der Waals surface area contributed by atoms with Gasteiger partial charge < -0.3 is 4.74 Å². The monoisotopic (exact) mass is 218 g/mol. The molecule has 0 saturated heterocycles. The number of ether oxygens (including phenoxy) is 1. The first kappa shape index (κ1) is 8.52. The fourth-order valence-electron chi connectivity index (χ4n) is 0.875. The predicted octanol–water partition coefficient (Wildman–Crippen LogP) is 1.44. The van der Waals surface area contributed by atoms with Crippen LogP contribution in [-0.4, -0.2) is 26.7 Å². The summed E-state index contributed by atoms with van der Waals surface area (Å²) in [5, 5.41) is 4.51. The molecule has 2 heterocycles. The van der Waals surface area contributed by atoms with Gasteiger partial charge in [-0.3, -0.25) is 0 Å². The first-order chi connectivity index (χ1) is 6.20. The Morgan fingerprint density at radius 2 is 2.15 bits per heavy atom. The van der Waals surface area contributed by atoms with Crippen LogP contribution >= 0.6 is 23.2 Å². The zero-order valence-corrected chi connectivity index (χ0v) is 8.04. The largest absolute Gasteiger partial charge is 0.466 e. The third kappa shape index (κ3) is 1.40. The van der Waals surface area contributed by atoms with Crippen molar-refractivity contribution >= 4 is 29.0 Å². The molecule has 2 aromatic rings. The van der Waals surface area contributed by atoms with Gasteiger partial charge in [0, 0.05) is 6.07 Å². The lowest BCUT2D eigenvalue weighted by molar-refractivity contribution is 0.380. The van der Waals surface area contributed by atoms with Crippen LogP contribution in [0.5, 0.6) is 6.01 Å². The summed E-state index contributed by atoms with van der Waals surface area (Å²) in [6.07, 6.45) is 0. The molecule has 0 bridgehead atoms. The Bertz CT molecular complexity index is 455. The van der Waals surface area contributed by atoms with Crippen LogP contribution < -0.4 is 4.74 Å². The lowest BCUT2D eigenvalue weighted by atomic mass is 10.7. The third-order valence-electron chi connectivity index (χ3n) is 1.40. The average Bonchev–Trinajstić information content (AvgIpc) is 2.47. The van der Waals surface area contributed by atoms with Gasteiger partial charge in [0.1, 0.15) is 10.3 Å². The maximum Gasteiger partial charge on any atom is 0.337 e. The Morgan fingerprint density at radius 3 is 2.85 bits per heavy atom. The Labute approximate surface area is 83.3 Å². The minimum absolute atomic E-state index is 0.205. The molecule has 0 spiro atoms. The van der Waals surface area contributed by atoms with E-state index in [1.807, 2.05) is 0 Å². The first-order valence-corrected chi connectivity index (χ1v) is 4.09. The van der Waals surface area contributed by atoms with Crippen molar-refractivity contribution in [3.8, 4) is 6.01 Å². The van der Waals surface area contributed by atoms with Crippen LogP contribution in [0.25, 0.3) is 5.78 Å². The van der Waals surface area contributed by atoms with Crippen LogP contribution in [0.1, 0.15) is 0 Å². The van der Waals surface area contributed by atoms with Gasteiger partial charge in [0.15, 0.2) is 0 Å². The molecular weight excluding hydrogens is 215 g/mol. The van der Waals surface area contributed by atoms with E-state index in [1.54, 1.807) is 0 Å². The molecule has 0 aromatic carbocycles. The van der Waals surface area contributed by atoms with Crippen molar-refractivity contribution in [1.29, 1.82) is 0 Å². The summed E-state index contributed by atoms with van der Waals surface area (Å²) in [7, 11) is 1.46. The van der Waals surface area contributed by atoms with Gasteiger partial charge in [-0.2, -0.15) is 14.5 Å². The van der Waals surface area contributed by atoms with Gasteiger partial charge in [-0.25, -0.2) is 0 Å². The molecule has 0 aliphatic heterocycles. The number of fused-ring (bicyclic) bond motifs is 1. The Kier molecular flexibility index (Phi) is 1.97. The SMILES string of the molecule is COc1nc2nc(Cl)cc(Cl)n2n1. The number of hydrogen-bond donors (Lipinski definition) is 0. The second-order valence-corrected chi connectivity index (χ2v) is 2.99. The van der Waals surface area contributed by atoms with Crippen molar-refractivity contribution in [2.24, 2.45) is 0 Å². The zero-order valence-electron chi connectivity index (χ0n) is 6.53. The summed E-state index contributed by atoms with van der Waals surface area (Å²) >= 11 is 11.5. The minimum Gasteiger partial charge on any atom is -0.466 e. The molecule has 0 N–H and O–H groups in total. The van der Waals surface area contributed by atoms with Crippen LogP contribution in [-0.2, 0) is 0 Å². The zero-order chi connectivity index (χ0) is 9.42. The fourth-order valence-corrected chi connectivity index (χ4v) is 1.33. The number of halogens is 2. The maximum atomic E-state index is 5.81. The molecule has 7 heteroatoms. The van der Waals surface area contributed by atoms with E-state index in [2.05, 4.69) is 15.1 Å². The first-order valence-electron chi connectivity index (χ1n) is 3.33. The quantitative estimate of drug-likeness (QED) is 0.681. The fraction of sp³-hybridized carbons (Fsp3) is 0.167. The molecule has 13 heavy (non-hydrogen) atoms. The molecular formula is C6H4Cl2N4O. The molecule has 0 atom stereocenters. The molecule has 68 valence electrons. The molecule has 0 aliphatic carbocycles. The van der Waals surface area contributed by atoms with E-state index in [0.717, 1.165) is 0 Å². The highest BCUT2D eigenvalue weighted by atomic mass is 35.5. The highest BCUT2D eigenvalue weighted by molar-refractivity contribution is 6.33. The topological polar surface area (TPSA) is 52.3 Å². The summed E-state index contributed by atoms with van der Waals surface area (Å²) in [6.45, 7) is 0. The molecule has 5 nitrogen and oxygen atoms in total. The van der Waals surface area contributed by atoms with Crippen LogP contribution in [0.3, 0.4) is 0 Å². The summed E-state index contributed by atoms with van der Waals surface area (Å²) < 4.78 is 6.15. The Balaban J connectivity index is 2.75. The van der Waals surface area contributed by atoms with Crippen molar-refractivity contribution in [1.82, 2.24) is 19.6 Å². The van der Waals surface area contributed by atoms with Gasteiger partial charge in [-0.05, 0) is 0 Å². The Morgan fingerprint density at radius 1 is 1.38 bits per heavy atom. The van der Waals surface area contributed by atoms with Gasteiger partial charge in [0.25, 0.3) is 5.78 Å². The van der Waals surface area contributed by atoms with Gasteiger partial charge in [-0.15, -0.1) is 5.10 Å². The van der Waals surface area contributed by atoms with Crippen molar-refractivity contribution in [2.45, 2.75) is 0 Å². The van der Waals surface area contributed by atoms with Crippen LogP contribution in [0.2, 0.25) is 10.3 Å². The number of hydrogen-bond acceptors (Lipinski definition) is 4. The van der Waals surface area contributed by atoms with E-state index in [-0.39, 0.29) is 11.2 Å². The van der Waals surface area contributed by atoms with E-state index in [9.17, 15) is 0 Å². The van der Waals surface area contributed by atoms with Gasteiger partial charge in [0.05, 0.1) is 7.11 Å². The molecule has 0 saturated carbocycles. The van der Waals surface area contributed by atoms with E-state index < -0.39 is 0 Å². The molecule has 2 aromatic heterocycles. The average molecular weight is 219 g/mol. The Hall–Kier alpha value is -1.07. The highest BCUT2D eigenvalue weighted by Gasteiger charge is 2.08. The van der Waals surface area contributed by atoms with E-state index in [1.165, 1.54) is 17.7 Å². The minimum atomic E-state index is 0.205. The summed E-state index contributed by atoms with van der Waals surface area (Å²) in [4.78, 5) is 7.80. The summed E-state index contributed by atoms with van der Waals surface area (Å²) in [6, 6.07) is 1.68. The van der Waals surface area contributed by atoms with E-state index in [0.29, 0.717) is 10.9 Å². The summed E-state index contributed by atoms with van der Waals surface area (Å²) in [5.74, 6) is 0.314. The van der Waals surface area contributed by atoms with Crippen LogP contribution in [0.4, 0.5) is 0 Å². The van der Waals surface area contributed by atoms with Crippen molar-refractivity contribution in [3.05, 3.63) is 16.4 Å². The second-order valence-electron chi connectivity index (χ2n) is 2.21. The summed E-state index contributed by atoms with van der Waals surface area (Å²) in [5.41, 5.74) is 0. The molecule has 0 unspecified atom stereocenters. The van der Waals surface area contributed by atoms with Gasteiger partial charge in [0.2, 0.25) is 0 Å². The standard InChI is InChI=1S/C6H4Cl2N4O/c1-13-6-10-5-9-3(7)2-4(8)12(5)11-6/h2H,1H3. The van der Waals surface area contributed by atoms with Gasteiger partial charge in [-0.1, -0.05) is 23.2 Å². The number of aromatic nitrogens is 4. The van der Waals surface area contributed by atoms with Gasteiger partial charge >= 0.3 is 6.01 Å². The van der Waals surface area contributed by atoms with E-state index in [4.69, 9.17) is 27.9 Å². The maximum absolute atomic E-state index is 5.81. The smallest absolute Gasteiger partial charge is 0.337 e. The second kappa shape index (κ2) is 3.01. The molecule has 2 rings (SSSR count).